The smallest absolute Gasteiger partial charge is 0.258 e. The minimum absolute atomic E-state index is 0.0250. The van der Waals surface area contributed by atoms with E-state index in [-0.39, 0.29) is 24.9 Å². The van der Waals surface area contributed by atoms with Crippen molar-refractivity contribution in [1.82, 2.24) is 5.32 Å². The van der Waals surface area contributed by atoms with E-state index in [1.165, 1.54) is 0 Å². The number of nitrogens with one attached hydrogen (secondary N) is 1. The third-order valence-corrected chi connectivity index (χ3v) is 5.11. The predicted octanol–water partition coefficient (Wildman–Crippen LogP) is 5.27. The lowest BCUT2D eigenvalue weighted by molar-refractivity contribution is -0.123. The van der Waals surface area contributed by atoms with Crippen molar-refractivity contribution >= 4 is 34.9 Å². The van der Waals surface area contributed by atoms with Crippen molar-refractivity contribution in [3.63, 3.8) is 0 Å². The molecule has 1 N–H and O–H groups in total. The first-order chi connectivity index (χ1) is 15.5. The minimum Gasteiger partial charge on any atom is -0.486 e. The molecule has 0 atom stereocenters. The number of rotatable bonds is 11. The molecule has 0 saturated carbocycles. The summed E-state index contributed by atoms with van der Waals surface area (Å²) in [5.74, 6) is 1.02. The molecule has 1 amide bonds. The fourth-order valence-corrected chi connectivity index (χ4v) is 3.06. The van der Waals surface area contributed by atoms with Gasteiger partial charge in [0.1, 0.15) is 18.1 Å². The Balaban J connectivity index is 1.34. The van der Waals surface area contributed by atoms with Gasteiger partial charge in [0, 0.05) is 23.0 Å². The van der Waals surface area contributed by atoms with E-state index < -0.39 is 0 Å². The summed E-state index contributed by atoms with van der Waals surface area (Å²) in [6.45, 7) is 0.362. The second-order valence-corrected chi connectivity index (χ2v) is 7.99. The van der Waals surface area contributed by atoms with Gasteiger partial charge in [-0.3, -0.25) is 9.59 Å². The molecule has 0 saturated heterocycles. The number of hydrogen-bond donors (Lipinski definition) is 1. The normalized spacial score (nSPS) is 10.4. The van der Waals surface area contributed by atoms with Gasteiger partial charge in [-0.05, 0) is 66.1 Å². The van der Waals surface area contributed by atoms with Gasteiger partial charge < -0.3 is 14.8 Å². The molecule has 7 heteroatoms. The molecule has 3 aromatic rings. The third-order valence-electron chi connectivity index (χ3n) is 4.60. The Morgan fingerprint density at radius 3 is 1.75 bits per heavy atom. The summed E-state index contributed by atoms with van der Waals surface area (Å²) in [7, 11) is 0. The van der Waals surface area contributed by atoms with Gasteiger partial charge in [-0.25, -0.2) is 0 Å². The molecule has 166 valence electrons. The van der Waals surface area contributed by atoms with Crippen LogP contribution in [0.5, 0.6) is 11.5 Å². The Labute approximate surface area is 197 Å². The number of amides is 1. The van der Waals surface area contributed by atoms with Crippen molar-refractivity contribution in [3.8, 4) is 11.5 Å². The SMILES string of the molecule is O=C(CCc1ccc(CNC(=O)COc2ccc(Cl)cc2)cc1)COc1ccc(Cl)cc1. The molecule has 3 rings (SSSR count). The van der Waals surface area contributed by atoms with E-state index in [4.69, 9.17) is 32.7 Å². The number of benzene rings is 3. The number of halogens is 2. The molecule has 32 heavy (non-hydrogen) atoms. The average molecular weight is 472 g/mol. The van der Waals surface area contributed by atoms with Crippen LogP contribution in [-0.2, 0) is 22.6 Å². The predicted molar refractivity (Wildman–Crippen MR) is 126 cm³/mol. The van der Waals surface area contributed by atoms with Gasteiger partial charge in [-0.1, -0.05) is 47.5 Å². The monoisotopic (exact) mass is 471 g/mol. The minimum atomic E-state index is -0.213. The van der Waals surface area contributed by atoms with Crippen LogP contribution in [0.1, 0.15) is 17.5 Å². The van der Waals surface area contributed by atoms with E-state index in [1.54, 1.807) is 48.5 Å². The van der Waals surface area contributed by atoms with E-state index in [2.05, 4.69) is 5.32 Å². The first-order valence-electron chi connectivity index (χ1n) is 10.1. The lowest BCUT2D eigenvalue weighted by atomic mass is 10.1. The maximum Gasteiger partial charge on any atom is 0.258 e. The first kappa shape index (κ1) is 23.6. The van der Waals surface area contributed by atoms with Gasteiger partial charge in [0.05, 0.1) is 0 Å². The second kappa shape index (κ2) is 12.1. The molecule has 0 unspecified atom stereocenters. The number of hydrogen-bond acceptors (Lipinski definition) is 4. The number of ether oxygens (including phenoxy) is 2. The molecule has 0 fully saturated rings. The molecule has 0 bridgehead atoms. The van der Waals surface area contributed by atoms with Crippen molar-refractivity contribution in [2.45, 2.75) is 19.4 Å². The van der Waals surface area contributed by atoms with Crippen LogP contribution in [0.25, 0.3) is 0 Å². The molecule has 5 nitrogen and oxygen atoms in total. The molecular weight excluding hydrogens is 449 g/mol. The maximum atomic E-state index is 12.1. The van der Waals surface area contributed by atoms with Crippen LogP contribution in [-0.4, -0.2) is 24.9 Å². The van der Waals surface area contributed by atoms with E-state index in [0.29, 0.717) is 40.9 Å². The summed E-state index contributed by atoms with van der Waals surface area (Å²) in [5, 5.41) is 4.05. The zero-order chi connectivity index (χ0) is 22.8. The van der Waals surface area contributed by atoms with Crippen molar-refractivity contribution in [2.24, 2.45) is 0 Å². The highest BCUT2D eigenvalue weighted by molar-refractivity contribution is 6.30. The lowest BCUT2D eigenvalue weighted by Crippen LogP contribution is -2.28. The summed E-state index contributed by atoms with van der Waals surface area (Å²) in [5.41, 5.74) is 2.01. The number of ketones is 1. The largest absolute Gasteiger partial charge is 0.486 e. The lowest BCUT2D eigenvalue weighted by Gasteiger charge is -2.09. The number of aryl methyl sites for hydroxylation is 1. The van der Waals surface area contributed by atoms with Crippen LogP contribution in [0, 0.1) is 0 Å². The molecule has 0 aliphatic heterocycles. The molecule has 0 spiro atoms. The molecule has 0 aromatic heterocycles. The van der Waals surface area contributed by atoms with Gasteiger partial charge in [-0.2, -0.15) is 0 Å². The summed E-state index contributed by atoms with van der Waals surface area (Å²) in [6.07, 6.45) is 1.02. The molecule has 0 aliphatic rings. The van der Waals surface area contributed by atoms with Crippen LogP contribution in [0.3, 0.4) is 0 Å². The van der Waals surface area contributed by atoms with Crippen LogP contribution in [0.2, 0.25) is 10.0 Å². The molecule has 0 radical (unpaired) electrons. The Kier molecular flexibility index (Phi) is 8.96. The van der Waals surface area contributed by atoms with E-state index in [1.807, 2.05) is 24.3 Å². The fourth-order valence-electron chi connectivity index (χ4n) is 2.81. The second-order valence-electron chi connectivity index (χ2n) is 7.12. The summed E-state index contributed by atoms with van der Waals surface area (Å²) in [6, 6.07) is 21.5. The standard InChI is InChI=1S/C25H23Cl2NO4/c26-20-6-11-23(12-7-20)31-16-22(29)10-5-18-1-3-19(4-2-18)15-28-25(30)17-32-24-13-8-21(27)9-14-24/h1-4,6-9,11-14H,5,10,15-17H2,(H,28,30). The maximum absolute atomic E-state index is 12.1. The van der Waals surface area contributed by atoms with Gasteiger partial charge in [0.15, 0.2) is 12.4 Å². The molecular formula is C25H23Cl2NO4. The van der Waals surface area contributed by atoms with Gasteiger partial charge in [-0.15, -0.1) is 0 Å². The highest BCUT2D eigenvalue weighted by atomic mass is 35.5. The van der Waals surface area contributed by atoms with Gasteiger partial charge in [0.25, 0.3) is 5.91 Å². The Morgan fingerprint density at radius 1 is 0.688 bits per heavy atom. The highest BCUT2D eigenvalue weighted by Crippen LogP contribution is 2.16. The van der Waals surface area contributed by atoms with Crippen LogP contribution in [0.15, 0.2) is 72.8 Å². The van der Waals surface area contributed by atoms with Gasteiger partial charge >= 0.3 is 0 Å². The van der Waals surface area contributed by atoms with Gasteiger partial charge in [0.2, 0.25) is 0 Å². The van der Waals surface area contributed by atoms with Crippen molar-refractivity contribution in [2.75, 3.05) is 13.2 Å². The van der Waals surface area contributed by atoms with E-state index in [9.17, 15) is 9.59 Å². The Morgan fingerprint density at radius 2 is 1.19 bits per heavy atom. The quantitative estimate of drug-likeness (QED) is 0.413. The van der Waals surface area contributed by atoms with E-state index >= 15 is 0 Å². The topological polar surface area (TPSA) is 64.6 Å². The summed E-state index contributed by atoms with van der Waals surface area (Å²) in [4.78, 5) is 24.0. The summed E-state index contributed by atoms with van der Waals surface area (Å²) < 4.78 is 10.9. The fraction of sp³-hybridized carbons (Fsp3) is 0.200. The van der Waals surface area contributed by atoms with Crippen molar-refractivity contribution in [3.05, 3.63) is 94.0 Å². The van der Waals surface area contributed by atoms with Crippen LogP contribution >= 0.6 is 23.2 Å². The van der Waals surface area contributed by atoms with Crippen LogP contribution < -0.4 is 14.8 Å². The Bertz CT molecular complexity index is 935. The van der Waals surface area contributed by atoms with Crippen molar-refractivity contribution in [1.29, 1.82) is 0 Å². The zero-order valence-corrected chi connectivity index (χ0v) is 18.9. The summed E-state index contributed by atoms with van der Waals surface area (Å²) >= 11 is 11.6. The zero-order valence-electron chi connectivity index (χ0n) is 17.4. The average Bonchev–Trinajstić information content (AvgIpc) is 2.81. The number of Topliss-reactive ketones (excluding diaryl/α,β-unsaturated/α-hetero) is 1. The number of carbonyl (C=O) groups excluding carboxylic acids is 2. The van der Waals surface area contributed by atoms with Crippen molar-refractivity contribution < 1.29 is 19.1 Å². The number of carbonyl (C=O) groups is 2. The van der Waals surface area contributed by atoms with E-state index in [0.717, 1.165) is 11.1 Å². The van der Waals surface area contributed by atoms with Crippen LogP contribution in [0.4, 0.5) is 0 Å². The first-order valence-corrected chi connectivity index (χ1v) is 10.9. The Hall–Kier alpha value is -3.02. The third kappa shape index (κ3) is 8.25. The highest BCUT2D eigenvalue weighted by Gasteiger charge is 2.06. The molecule has 3 aromatic carbocycles. The molecule has 0 heterocycles. The molecule has 0 aliphatic carbocycles.